The Labute approximate surface area is 442 Å². The van der Waals surface area contributed by atoms with Crippen LogP contribution >= 0.6 is 0 Å². The van der Waals surface area contributed by atoms with Gasteiger partial charge in [-0.3, -0.25) is 19.8 Å². The average molecular weight is 1010 g/mol. The number of nitrogens with zero attached hydrogens (tertiary/aromatic N) is 4. The molecule has 2 aromatic heterocycles. The Bertz CT molecular complexity index is 2400. The number of fused-ring (bicyclic) bond motifs is 4. The van der Waals surface area contributed by atoms with Crippen LogP contribution in [-0.4, -0.2) is 64.4 Å². The number of ether oxygens (including phenoxy) is 2. The van der Waals surface area contributed by atoms with Gasteiger partial charge in [-0.2, -0.15) is 21.9 Å². The Kier molecular flexibility index (Phi) is 21.4. The first kappa shape index (κ1) is 57.3. The summed E-state index contributed by atoms with van der Waals surface area (Å²) in [6.07, 6.45) is -1.22. The number of hydrogen-bond donors (Lipinski definition) is 0. The van der Waals surface area contributed by atoms with Gasteiger partial charge in [0, 0.05) is 38.3 Å². The summed E-state index contributed by atoms with van der Waals surface area (Å²) in [4.78, 5) is 14.7. The van der Waals surface area contributed by atoms with E-state index in [1.54, 1.807) is 0 Å². The Morgan fingerprint density at radius 3 is 1.00 bits per heavy atom. The molecule has 0 amide bonds. The molecule has 0 atom stereocenters. The first-order chi connectivity index (χ1) is 34.0. The predicted octanol–water partition coefficient (Wildman–Crippen LogP) is 9.13. The third-order valence-corrected chi connectivity index (χ3v) is 13.3. The molecule has 0 aliphatic carbocycles. The standard InChI is InChI=1S/C24H20B.C20H28N4.C14H22O2.C4H8O2.Co/c1-5-13-21(14-6-1)25(22-15-7-2-8-16-22,23-17-9-3-10-18-23)24-19-11-4-12-20-24;1-15(2)23-11-17-7-5-9-19(21-17)13-24(16(3)4)14-20-10-6-8-18(12-23)22-20;1-13(2,3)9-7-10(14(4,5)6)12(16)11(15)8-9;1-2-6-4-3-5-1;/h1-20H;5-10,15-16H,11-14H2,1-4H3;7-8,15-16H,1-6H3;1-4H2;/q-1;;;;+3/p-2. The van der Waals surface area contributed by atoms with E-state index in [4.69, 9.17) is 19.4 Å². The molecule has 1 saturated heterocycles. The summed E-state index contributed by atoms with van der Waals surface area (Å²) >= 11 is 0. The molecule has 72 heavy (non-hydrogen) atoms. The van der Waals surface area contributed by atoms with Crippen molar-refractivity contribution in [2.45, 2.75) is 118 Å². The van der Waals surface area contributed by atoms with Crippen molar-refractivity contribution in [3.8, 4) is 11.5 Å². The second-order valence-electron chi connectivity index (χ2n) is 21.3. The van der Waals surface area contributed by atoms with Gasteiger partial charge in [0.1, 0.15) is 6.15 Å². The van der Waals surface area contributed by atoms with Crippen LogP contribution in [0.25, 0.3) is 0 Å². The Hall–Kier alpha value is -5.59. The van der Waals surface area contributed by atoms with E-state index in [0.29, 0.717) is 17.6 Å². The smallest absolute Gasteiger partial charge is 0.873 e. The minimum Gasteiger partial charge on any atom is -0.873 e. The molecule has 7 aromatic rings. The van der Waals surface area contributed by atoms with Gasteiger partial charge in [-0.25, -0.2) is 0 Å². The molecule has 0 spiro atoms. The van der Waals surface area contributed by atoms with Crippen molar-refractivity contribution in [3.63, 3.8) is 0 Å². The van der Waals surface area contributed by atoms with Gasteiger partial charge in [0.15, 0.2) is 0 Å². The Morgan fingerprint density at radius 1 is 0.444 bits per heavy atom. The van der Waals surface area contributed by atoms with Crippen LogP contribution in [0.4, 0.5) is 0 Å². The van der Waals surface area contributed by atoms with Gasteiger partial charge < -0.3 is 19.7 Å². The van der Waals surface area contributed by atoms with E-state index in [9.17, 15) is 10.2 Å². The first-order valence-corrected chi connectivity index (χ1v) is 25.4. The van der Waals surface area contributed by atoms with Gasteiger partial charge in [-0.1, -0.05) is 193 Å². The van der Waals surface area contributed by atoms with Crippen molar-refractivity contribution < 1.29 is 36.5 Å². The maximum atomic E-state index is 11.8. The van der Waals surface area contributed by atoms with Crippen molar-refractivity contribution in [2.75, 3.05) is 26.4 Å². The predicted molar refractivity (Wildman–Crippen MR) is 292 cm³/mol. The minimum absolute atomic E-state index is 0. The molecule has 4 bridgehead atoms. The third-order valence-electron chi connectivity index (χ3n) is 13.3. The molecule has 2 aliphatic rings. The molecule has 0 radical (unpaired) electrons. The van der Waals surface area contributed by atoms with E-state index in [1.165, 1.54) is 27.9 Å². The summed E-state index contributed by atoms with van der Waals surface area (Å²) < 4.78 is 9.89. The minimum atomic E-state index is -1.22. The number of hydrogen-bond acceptors (Lipinski definition) is 8. The summed E-state index contributed by atoms with van der Waals surface area (Å²) in [6, 6.07) is 60.6. The zero-order chi connectivity index (χ0) is 51.0. The molecule has 380 valence electrons. The number of pyridine rings is 2. The van der Waals surface area contributed by atoms with E-state index in [2.05, 4.69) is 195 Å². The van der Waals surface area contributed by atoms with Crippen LogP contribution in [0.15, 0.2) is 170 Å². The van der Waals surface area contributed by atoms with Crippen molar-refractivity contribution in [2.24, 2.45) is 0 Å². The van der Waals surface area contributed by atoms with E-state index in [1.807, 2.05) is 47.6 Å². The maximum absolute atomic E-state index is 11.8. The largest absolute Gasteiger partial charge is 3.00 e. The van der Waals surface area contributed by atoms with Crippen molar-refractivity contribution >= 4 is 28.0 Å². The monoisotopic (exact) mass is 1010 g/mol. The second-order valence-corrected chi connectivity index (χ2v) is 21.3. The molecule has 10 heteroatoms. The fourth-order valence-corrected chi connectivity index (χ4v) is 9.24. The molecule has 1 fully saturated rings. The van der Waals surface area contributed by atoms with Crippen LogP contribution in [0.3, 0.4) is 0 Å². The summed E-state index contributed by atoms with van der Waals surface area (Å²) in [5.74, 6) is -0.752. The molecule has 0 N–H and O–H groups in total. The van der Waals surface area contributed by atoms with E-state index >= 15 is 0 Å². The Balaban J connectivity index is 0.000000192. The van der Waals surface area contributed by atoms with Crippen molar-refractivity contribution in [1.82, 2.24) is 19.8 Å². The molecule has 5 aromatic carbocycles. The molecule has 8 nitrogen and oxygen atoms in total. The van der Waals surface area contributed by atoms with Gasteiger partial charge in [-0.15, -0.1) is 11.5 Å². The molecule has 2 aliphatic heterocycles. The fourth-order valence-electron chi connectivity index (χ4n) is 9.24. The SMILES string of the molecule is C1COCCO1.CC(C)(C)c1cc([O-])c([O-])c(C(C)(C)C)c1.CC(C)N1Cc2cccc(n2)CN(C(C)C)Cc2cccc(n2)C1.[Co+3].c1ccc([B-](c2ccccc2)(c2ccccc2)c2ccccc2)cc1. The van der Waals surface area contributed by atoms with Gasteiger partial charge in [0.2, 0.25) is 0 Å². The third kappa shape index (κ3) is 15.7. The molecule has 4 heterocycles. The summed E-state index contributed by atoms with van der Waals surface area (Å²) in [6.45, 7) is 27.5. The zero-order valence-corrected chi connectivity index (χ0v) is 45.4. The number of benzene rings is 5. The summed E-state index contributed by atoms with van der Waals surface area (Å²) in [7, 11) is 0. The zero-order valence-electron chi connectivity index (χ0n) is 44.3. The maximum Gasteiger partial charge on any atom is 3.00 e. The van der Waals surface area contributed by atoms with Gasteiger partial charge >= 0.3 is 16.8 Å². The van der Waals surface area contributed by atoms with Crippen LogP contribution in [-0.2, 0) is 63.3 Å². The Morgan fingerprint density at radius 2 is 0.750 bits per heavy atom. The van der Waals surface area contributed by atoms with Gasteiger partial charge in [-0.05, 0) is 68.4 Å². The number of rotatable bonds is 6. The second kappa shape index (κ2) is 26.9. The molecule has 9 rings (SSSR count). The molecular weight excluding hydrogens is 934 g/mol. The fraction of sp³-hybridized carbons (Fsp3) is 0.355. The van der Waals surface area contributed by atoms with Crippen LogP contribution in [0.5, 0.6) is 11.5 Å². The van der Waals surface area contributed by atoms with Crippen molar-refractivity contribution in [1.29, 1.82) is 0 Å². The average Bonchev–Trinajstić information content (AvgIpc) is 3.36. The number of aromatic nitrogens is 2. The van der Waals surface area contributed by atoms with Crippen molar-refractivity contribution in [3.05, 3.63) is 204 Å². The van der Waals surface area contributed by atoms with Crippen LogP contribution in [0.2, 0.25) is 0 Å². The molecular formula is C62H76BCoN4O4. The van der Waals surface area contributed by atoms with Crippen LogP contribution < -0.4 is 32.1 Å². The topological polar surface area (TPSA) is 96.8 Å². The van der Waals surface area contributed by atoms with Crippen LogP contribution in [0, 0.1) is 0 Å². The summed E-state index contributed by atoms with van der Waals surface area (Å²) in [5, 5.41) is 23.4. The van der Waals surface area contributed by atoms with E-state index in [0.717, 1.165) is 80.9 Å². The van der Waals surface area contributed by atoms with E-state index in [-0.39, 0.29) is 33.4 Å². The van der Waals surface area contributed by atoms with E-state index < -0.39 is 11.9 Å². The van der Waals surface area contributed by atoms with Gasteiger partial charge in [0.05, 0.1) is 49.2 Å². The molecule has 0 unspecified atom stereocenters. The molecule has 0 saturated carbocycles. The first-order valence-electron chi connectivity index (χ1n) is 25.4. The quantitative estimate of drug-likeness (QED) is 0.152. The van der Waals surface area contributed by atoms with Crippen LogP contribution in [0.1, 0.15) is 103 Å². The summed E-state index contributed by atoms with van der Waals surface area (Å²) in [5.41, 5.74) is 11.1. The van der Waals surface area contributed by atoms with Gasteiger partial charge in [0.25, 0.3) is 0 Å². The normalized spacial score (nSPS) is 14.4.